The molecule has 25 heavy (non-hydrogen) atoms. The van der Waals surface area contributed by atoms with Crippen LogP contribution in [0.4, 0.5) is 5.69 Å². The van der Waals surface area contributed by atoms with Crippen LogP contribution in [0.15, 0.2) is 42.5 Å². The largest absolute Gasteiger partial charge is 0.352 e. The molecule has 130 valence electrons. The Kier molecular flexibility index (Phi) is 4.88. The highest BCUT2D eigenvalue weighted by atomic mass is 16.2. The number of nitrogens with one attached hydrogen (secondary N) is 1. The monoisotopic (exact) mass is 336 g/mol. The van der Waals surface area contributed by atoms with E-state index in [-0.39, 0.29) is 24.2 Å². The Morgan fingerprint density at radius 3 is 2.44 bits per heavy atom. The molecule has 4 heteroatoms. The minimum absolute atomic E-state index is 0.0161. The molecular weight excluding hydrogens is 312 g/mol. The van der Waals surface area contributed by atoms with Crippen LogP contribution in [-0.4, -0.2) is 18.4 Å². The molecule has 0 saturated carbocycles. The third-order valence-electron chi connectivity index (χ3n) is 4.73. The number of amides is 2. The normalized spacial score (nSPS) is 17.0. The summed E-state index contributed by atoms with van der Waals surface area (Å²) in [7, 11) is 0. The lowest BCUT2D eigenvalue weighted by Gasteiger charge is -2.19. The van der Waals surface area contributed by atoms with Gasteiger partial charge in [0.05, 0.1) is 5.92 Å². The van der Waals surface area contributed by atoms with Gasteiger partial charge in [-0.3, -0.25) is 9.59 Å². The van der Waals surface area contributed by atoms with Gasteiger partial charge < -0.3 is 10.2 Å². The predicted octanol–water partition coefficient (Wildman–Crippen LogP) is 3.28. The van der Waals surface area contributed by atoms with Gasteiger partial charge >= 0.3 is 0 Å². The van der Waals surface area contributed by atoms with Gasteiger partial charge in [0.25, 0.3) is 0 Å². The number of nitrogens with zero attached hydrogens (tertiary/aromatic N) is 1. The highest BCUT2D eigenvalue weighted by Crippen LogP contribution is 2.28. The number of carbonyl (C=O) groups is 2. The molecule has 2 amide bonds. The number of rotatable bonds is 4. The first-order valence-electron chi connectivity index (χ1n) is 8.65. The molecule has 1 heterocycles. The molecule has 1 unspecified atom stereocenters. The second-order valence-corrected chi connectivity index (χ2v) is 6.90. The van der Waals surface area contributed by atoms with Crippen LogP contribution < -0.4 is 10.2 Å². The van der Waals surface area contributed by atoms with Gasteiger partial charge in [-0.05, 0) is 38.0 Å². The summed E-state index contributed by atoms with van der Waals surface area (Å²) in [5, 5.41) is 2.96. The zero-order valence-corrected chi connectivity index (χ0v) is 15.0. The second kappa shape index (κ2) is 7.09. The maximum atomic E-state index is 12.5. The van der Waals surface area contributed by atoms with Gasteiger partial charge in [0.15, 0.2) is 0 Å². The SMILES string of the molecule is Cc1ccc(CNC(=O)C2CC(=O)N(c3ccc(C)cc3C)C2)cc1. The van der Waals surface area contributed by atoms with E-state index in [1.54, 1.807) is 4.90 Å². The Labute approximate surface area is 148 Å². The van der Waals surface area contributed by atoms with Crippen molar-refractivity contribution in [2.24, 2.45) is 5.92 Å². The van der Waals surface area contributed by atoms with Crippen LogP contribution in [0.25, 0.3) is 0 Å². The highest BCUT2D eigenvalue weighted by Gasteiger charge is 2.35. The predicted molar refractivity (Wildman–Crippen MR) is 99.4 cm³/mol. The molecule has 1 saturated heterocycles. The lowest BCUT2D eigenvalue weighted by atomic mass is 10.1. The van der Waals surface area contributed by atoms with Gasteiger partial charge in [-0.15, -0.1) is 0 Å². The zero-order valence-electron chi connectivity index (χ0n) is 15.0. The summed E-state index contributed by atoms with van der Waals surface area (Å²) in [6.45, 7) is 7.01. The lowest BCUT2D eigenvalue weighted by molar-refractivity contribution is -0.126. The van der Waals surface area contributed by atoms with E-state index >= 15 is 0 Å². The molecule has 1 fully saturated rings. The second-order valence-electron chi connectivity index (χ2n) is 6.90. The van der Waals surface area contributed by atoms with Gasteiger partial charge in [-0.25, -0.2) is 0 Å². The maximum Gasteiger partial charge on any atom is 0.227 e. The summed E-state index contributed by atoms with van der Waals surface area (Å²) < 4.78 is 0. The van der Waals surface area contributed by atoms with Crippen LogP contribution in [0.1, 0.15) is 28.7 Å². The molecule has 0 spiro atoms. The maximum absolute atomic E-state index is 12.5. The average molecular weight is 336 g/mol. The van der Waals surface area contributed by atoms with Crippen LogP contribution in [0.5, 0.6) is 0 Å². The molecule has 3 rings (SSSR count). The molecule has 0 radical (unpaired) electrons. The molecule has 1 aliphatic heterocycles. The highest BCUT2D eigenvalue weighted by molar-refractivity contribution is 6.00. The molecular formula is C21H24N2O2. The van der Waals surface area contributed by atoms with Gasteiger partial charge in [-0.1, -0.05) is 47.5 Å². The fourth-order valence-electron chi connectivity index (χ4n) is 3.26. The number of carbonyl (C=O) groups excluding carboxylic acids is 2. The van der Waals surface area contributed by atoms with Crippen LogP contribution in [0.2, 0.25) is 0 Å². The molecule has 0 aliphatic carbocycles. The number of aryl methyl sites for hydroxylation is 3. The van der Waals surface area contributed by atoms with Crippen molar-refractivity contribution in [3.05, 3.63) is 64.7 Å². The lowest BCUT2D eigenvalue weighted by Crippen LogP contribution is -2.32. The van der Waals surface area contributed by atoms with E-state index in [4.69, 9.17) is 0 Å². The van der Waals surface area contributed by atoms with E-state index in [2.05, 4.69) is 11.4 Å². The Hall–Kier alpha value is -2.62. The first-order chi connectivity index (χ1) is 11.9. The first-order valence-corrected chi connectivity index (χ1v) is 8.65. The Morgan fingerprint density at radius 2 is 1.76 bits per heavy atom. The topological polar surface area (TPSA) is 49.4 Å². The fourth-order valence-corrected chi connectivity index (χ4v) is 3.26. The number of benzene rings is 2. The molecule has 0 bridgehead atoms. The van der Waals surface area contributed by atoms with Gasteiger partial charge in [-0.2, -0.15) is 0 Å². The van der Waals surface area contributed by atoms with E-state index in [0.29, 0.717) is 13.1 Å². The van der Waals surface area contributed by atoms with Gasteiger partial charge in [0.1, 0.15) is 0 Å². The third-order valence-corrected chi connectivity index (χ3v) is 4.73. The summed E-state index contributed by atoms with van der Waals surface area (Å²) in [5.41, 5.74) is 5.40. The zero-order chi connectivity index (χ0) is 18.0. The summed E-state index contributed by atoms with van der Waals surface area (Å²) >= 11 is 0. The van der Waals surface area contributed by atoms with Crippen molar-refractivity contribution in [2.45, 2.75) is 33.7 Å². The summed E-state index contributed by atoms with van der Waals surface area (Å²) in [6.07, 6.45) is 0.271. The van der Waals surface area contributed by atoms with Crippen molar-refractivity contribution >= 4 is 17.5 Å². The third kappa shape index (κ3) is 3.90. The van der Waals surface area contributed by atoms with Crippen LogP contribution in [0.3, 0.4) is 0 Å². The summed E-state index contributed by atoms with van der Waals surface area (Å²) in [5.74, 6) is -0.331. The Morgan fingerprint density at radius 1 is 1.08 bits per heavy atom. The van der Waals surface area contributed by atoms with Crippen LogP contribution in [0, 0.1) is 26.7 Å². The Bertz CT molecular complexity index is 796. The van der Waals surface area contributed by atoms with E-state index in [0.717, 1.165) is 16.8 Å². The van der Waals surface area contributed by atoms with Crippen molar-refractivity contribution in [3.63, 3.8) is 0 Å². The minimum Gasteiger partial charge on any atom is -0.352 e. The number of hydrogen-bond donors (Lipinski definition) is 1. The molecule has 1 atom stereocenters. The molecule has 4 nitrogen and oxygen atoms in total. The minimum atomic E-state index is -0.293. The first kappa shape index (κ1) is 17.2. The fraction of sp³-hybridized carbons (Fsp3) is 0.333. The van der Waals surface area contributed by atoms with Crippen molar-refractivity contribution in [1.29, 1.82) is 0 Å². The smallest absolute Gasteiger partial charge is 0.227 e. The van der Waals surface area contributed by atoms with E-state index in [1.807, 2.05) is 57.2 Å². The average Bonchev–Trinajstić information content (AvgIpc) is 2.96. The quantitative estimate of drug-likeness (QED) is 0.931. The molecule has 2 aromatic rings. The number of hydrogen-bond acceptors (Lipinski definition) is 2. The van der Waals surface area contributed by atoms with E-state index in [9.17, 15) is 9.59 Å². The van der Waals surface area contributed by atoms with Crippen LogP contribution in [-0.2, 0) is 16.1 Å². The van der Waals surface area contributed by atoms with Crippen LogP contribution >= 0.6 is 0 Å². The Balaban J connectivity index is 1.63. The van der Waals surface area contributed by atoms with E-state index in [1.165, 1.54) is 11.1 Å². The van der Waals surface area contributed by atoms with Crippen molar-refractivity contribution in [1.82, 2.24) is 5.32 Å². The van der Waals surface area contributed by atoms with Crippen molar-refractivity contribution in [2.75, 3.05) is 11.4 Å². The molecule has 1 aliphatic rings. The molecule has 2 aromatic carbocycles. The van der Waals surface area contributed by atoms with Crippen molar-refractivity contribution in [3.8, 4) is 0 Å². The van der Waals surface area contributed by atoms with E-state index < -0.39 is 0 Å². The molecule has 1 N–H and O–H groups in total. The standard InChI is InChI=1S/C21H24N2O2/c1-14-4-7-17(8-5-14)12-22-21(25)18-11-20(24)23(13-18)19-9-6-15(2)10-16(19)3/h4-10,18H,11-13H2,1-3H3,(H,22,25). The molecule has 0 aromatic heterocycles. The van der Waals surface area contributed by atoms with Gasteiger partial charge in [0, 0.05) is 25.2 Å². The summed E-state index contributed by atoms with van der Waals surface area (Å²) in [4.78, 5) is 26.6. The van der Waals surface area contributed by atoms with Gasteiger partial charge in [0.2, 0.25) is 11.8 Å². The number of anilines is 1. The van der Waals surface area contributed by atoms with Crippen molar-refractivity contribution < 1.29 is 9.59 Å². The summed E-state index contributed by atoms with van der Waals surface area (Å²) in [6, 6.07) is 14.1.